The first-order valence-corrected chi connectivity index (χ1v) is 10.4. The average Bonchev–Trinajstić information content (AvgIpc) is 3.38. The van der Waals surface area contributed by atoms with Crippen LogP contribution in [0.2, 0.25) is 0 Å². The summed E-state index contributed by atoms with van der Waals surface area (Å²) in [5, 5.41) is 4.18. The molecule has 1 saturated carbocycles. The SMILES string of the molecule is Cc1cccc(-c2noc([C@H]3CCCCN3C(=O)CCC3CCCC3)n2)c1. The molecule has 1 saturated heterocycles. The van der Waals surface area contributed by atoms with Gasteiger partial charge in [0.05, 0.1) is 0 Å². The van der Waals surface area contributed by atoms with Gasteiger partial charge in [0.1, 0.15) is 6.04 Å². The molecular formula is C22H29N3O2. The molecule has 144 valence electrons. The van der Waals surface area contributed by atoms with Gasteiger partial charge in [0.25, 0.3) is 0 Å². The number of rotatable bonds is 5. The minimum atomic E-state index is -0.0686. The molecule has 2 aromatic rings. The van der Waals surface area contributed by atoms with E-state index < -0.39 is 0 Å². The van der Waals surface area contributed by atoms with Crippen LogP contribution in [0.1, 0.15) is 75.3 Å². The third-order valence-electron chi connectivity index (χ3n) is 6.07. The zero-order valence-corrected chi connectivity index (χ0v) is 16.2. The van der Waals surface area contributed by atoms with Crippen LogP contribution >= 0.6 is 0 Å². The topological polar surface area (TPSA) is 59.2 Å². The molecule has 4 rings (SSSR count). The van der Waals surface area contributed by atoms with Gasteiger partial charge in [-0.05, 0) is 44.6 Å². The van der Waals surface area contributed by atoms with Gasteiger partial charge in [-0.2, -0.15) is 4.98 Å². The van der Waals surface area contributed by atoms with Crippen molar-refractivity contribution >= 4 is 5.91 Å². The van der Waals surface area contributed by atoms with Crippen LogP contribution in [0.5, 0.6) is 0 Å². The Bertz CT molecular complexity index is 779. The Morgan fingerprint density at radius 2 is 2.00 bits per heavy atom. The third-order valence-corrected chi connectivity index (χ3v) is 6.07. The monoisotopic (exact) mass is 367 g/mol. The van der Waals surface area contributed by atoms with Gasteiger partial charge < -0.3 is 9.42 Å². The first kappa shape index (κ1) is 18.2. The highest BCUT2D eigenvalue weighted by atomic mass is 16.5. The second-order valence-electron chi connectivity index (χ2n) is 8.11. The summed E-state index contributed by atoms with van der Waals surface area (Å²) in [4.78, 5) is 19.5. The van der Waals surface area contributed by atoms with Gasteiger partial charge in [-0.1, -0.05) is 54.6 Å². The first-order valence-electron chi connectivity index (χ1n) is 10.4. The van der Waals surface area contributed by atoms with E-state index in [0.29, 0.717) is 18.1 Å². The van der Waals surface area contributed by atoms with Gasteiger partial charge in [-0.3, -0.25) is 4.79 Å². The second-order valence-corrected chi connectivity index (χ2v) is 8.11. The van der Waals surface area contributed by atoms with Crippen molar-refractivity contribution in [3.63, 3.8) is 0 Å². The van der Waals surface area contributed by atoms with E-state index in [4.69, 9.17) is 4.52 Å². The van der Waals surface area contributed by atoms with Crippen molar-refractivity contribution in [2.45, 2.75) is 70.8 Å². The van der Waals surface area contributed by atoms with E-state index in [2.05, 4.69) is 29.2 Å². The number of aryl methyl sites for hydroxylation is 1. The number of aromatic nitrogens is 2. The number of benzene rings is 1. The van der Waals surface area contributed by atoms with Crippen LogP contribution in [0, 0.1) is 12.8 Å². The van der Waals surface area contributed by atoms with Gasteiger partial charge in [-0.15, -0.1) is 0 Å². The highest BCUT2D eigenvalue weighted by Gasteiger charge is 2.32. The normalized spacial score (nSPS) is 20.9. The summed E-state index contributed by atoms with van der Waals surface area (Å²) in [5.74, 6) is 2.19. The Kier molecular flexibility index (Phi) is 5.55. The Balaban J connectivity index is 1.46. The standard InChI is InChI=1S/C22H29N3O2/c1-16-7-6-10-18(15-16)21-23-22(27-24-21)19-11-4-5-14-25(19)20(26)13-12-17-8-2-3-9-17/h6-7,10,15,17,19H,2-5,8-9,11-14H2,1H3/t19-/m1/s1. The van der Waals surface area contributed by atoms with Gasteiger partial charge >= 0.3 is 0 Å². The fourth-order valence-electron chi connectivity index (χ4n) is 4.53. The molecule has 5 heteroatoms. The summed E-state index contributed by atoms with van der Waals surface area (Å²) in [5.41, 5.74) is 2.13. The van der Waals surface area contributed by atoms with Gasteiger partial charge in [0.15, 0.2) is 0 Å². The third kappa shape index (κ3) is 4.23. The number of piperidine rings is 1. The van der Waals surface area contributed by atoms with E-state index in [1.54, 1.807) is 0 Å². The van der Waals surface area contributed by atoms with Crippen LogP contribution in [0.4, 0.5) is 0 Å². The predicted octanol–water partition coefficient (Wildman–Crippen LogP) is 5.07. The largest absolute Gasteiger partial charge is 0.337 e. The molecule has 0 spiro atoms. The zero-order valence-electron chi connectivity index (χ0n) is 16.2. The van der Waals surface area contributed by atoms with E-state index in [1.165, 1.54) is 31.2 Å². The van der Waals surface area contributed by atoms with Crippen molar-refractivity contribution < 1.29 is 9.32 Å². The molecule has 0 N–H and O–H groups in total. The van der Waals surface area contributed by atoms with Crippen LogP contribution in [0.3, 0.4) is 0 Å². The minimum absolute atomic E-state index is 0.0686. The lowest BCUT2D eigenvalue weighted by molar-refractivity contribution is -0.136. The number of amides is 1. The summed E-state index contributed by atoms with van der Waals surface area (Å²) in [6.45, 7) is 2.85. The number of hydrogen-bond acceptors (Lipinski definition) is 4. The number of nitrogens with zero attached hydrogens (tertiary/aromatic N) is 3. The molecule has 5 nitrogen and oxygen atoms in total. The van der Waals surface area contributed by atoms with Crippen LogP contribution in [0.15, 0.2) is 28.8 Å². The summed E-state index contributed by atoms with van der Waals surface area (Å²) in [6, 6.07) is 8.03. The summed E-state index contributed by atoms with van der Waals surface area (Å²) in [6.07, 6.45) is 9.99. The Hall–Kier alpha value is -2.17. The molecule has 1 atom stereocenters. The quantitative estimate of drug-likeness (QED) is 0.740. The summed E-state index contributed by atoms with van der Waals surface area (Å²) in [7, 11) is 0. The molecule has 1 aliphatic carbocycles. The van der Waals surface area contributed by atoms with Crippen molar-refractivity contribution in [3.8, 4) is 11.4 Å². The van der Waals surface area contributed by atoms with Gasteiger partial charge in [0.2, 0.25) is 17.6 Å². The van der Waals surface area contributed by atoms with Crippen molar-refractivity contribution in [3.05, 3.63) is 35.7 Å². The zero-order chi connectivity index (χ0) is 18.6. The maximum atomic E-state index is 12.9. The molecule has 0 radical (unpaired) electrons. The Morgan fingerprint density at radius 3 is 2.81 bits per heavy atom. The highest BCUT2D eigenvalue weighted by Crippen LogP contribution is 2.33. The minimum Gasteiger partial charge on any atom is -0.337 e. The number of hydrogen-bond donors (Lipinski definition) is 0. The van der Waals surface area contributed by atoms with Crippen LogP contribution in [-0.2, 0) is 4.79 Å². The smallest absolute Gasteiger partial charge is 0.249 e. The fourth-order valence-corrected chi connectivity index (χ4v) is 4.53. The van der Waals surface area contributed by atoms with E-state index in [9.17, 15) is 4.79 Å². The summed E-state index contributed by atoms with van der Waals surface area (Å²) < 4.78 is 5.60. The maximum absolute atomic E-state index is 12.9. The van der Waals surface area contributed by atoms with E-state index >= 15 is 0 Å². The van der Waals surface area contributed by atoms with E-state index in [-0.39, 0.29) is 11.9 Å². The van der Waals surface area contributed by atoms with Gasteiger partial charge in [-0.25, -0.2) is 0 Å². The molecule has 0 bridgehead atoms. The van der Waals surface area contributed by atoms with Crippen LogP contribution in [-0.4, -0.2) is 27.5 Å². The Morgan fingerprint density at radius 1 is 1.19 bits per heavy atom. The molecule has 1 aromatic heterocycles. The molecule has 0 unspecified atom stereocenters. The van der Waals surface area contributed by atoms with E-state index in [0.717, 1.165) is 43.7 Å². The lowest BCUT2D eigenvalue weighted by Gasteiger charge is -2.33. The molecule has 1 aromatic carbocycles. The molecule has 1 amide bonds. The predicted molar refractivity (Wildman–Crippen MR) is 104 cm³/mol. The van der Waals surface area contributed by atoms with Crippen LogP contribution < -0.4 is 0 Å². The molecular weight excluding hydrogens is 338 g/mol. The molecule has 2 aliphatic rings. The van der Waals surface area contributed by atoms with Gasteiger partial charge in [0, 0.05) is 18.5 Å². The molecule has 1 aliphatic heterocycles. The van der Waals surface area contributed by atoms with Crippen molar-refractivity contribution in [1.82, 2.24) is 15.0 Å². The molecule has 2 fully saturated rings. The lowest BCUT2D eigenvalue weighted by atomic mass is 9.98. The number of likely N-dealkylation sites (tertiary alicyclic amines) is 1. The van der Waals surface area contributed by atoms with Crippen LogP contribution in [0.25, 0.3) is 11.4 Å². The van der Waals surface area contributed by atoms with Crippen molar-refractivity contribution in [1.29, 1.82) is 0 Å². The summed E-state index contributed by atoms with van der Waals surface area (Å²) >= 11 is 0. The average molecular weight is 367 g/mol. The van der Waals surface area contributed by atoms with Crippen molar-refractivity contribution in [2.75, 3.05) is 6.54 Å². The van der Waals surface area contributed by atoms with E-state index in [1.807, 2.05) is 17.0 Å². The Labute approximate surface area is 161 Å². The highest BCUT2D eigenvalue weighted by molar-refractivity contribution is 5.76. The lowest BCUT2D eigenvalue weighted by Crippen LogP contribution is -2.38. The molecule has 27 heavy (non-hydrogen) atoms. The second kappa shape index (κ2) is 8.24. The maximum Gasteiger partial charge on any atom is 0.249 e. The number of carbonyl (C=O) groups excluding carboxylic acids is 1. The first-order chi connectivity index (χ1) is 13.2. The van der Waals surface area contributed by atoms with Crippen molar-refractivity contribution in [2.24, 2.45) is 5.92 Å². The molecule has 2 heterocycles. The number of carbonyl (C=O) groups is 1. The fraction of sp³-hybridized carbons (Fsp3) is 0.591.